The van der Waals surface area contributed by atoms with Crippen LogP contribution in [0.4, 0.5) is 5.82 Å². The molecule has 1 rings (SSSR count). The molecular formula is C12H21N5OS. The Labute approximate surface area is 117 Å². The van der Waals surface area contributed by atoms with Crippen LogP contribution in [0, 0.1) is 6.92 Å². The molecule has 0 saturated heterocycles. The number of rotatable bonds is 7. The Bertz CT molecular complexity index is 438. The Kier molecular flexibility index (Phi) is 6.58. The monoisotopic (exact) mass is 283 g/mol. The van der Waals surface area contributed by atoms with Gasteiger partial charge in [0.1, 0.15) is 16.7 Å². The second-order valence-corrected chi connectivity index (χ2v) is 5.02. The predicted molar refractivity (Wildman–Crippen MR) is 78.0 cm³/mol. The van der Waals surface area contributed by atoms with E-state index < -0.39 is 0 Å². The fourth-order valence-corrected chi connectivity index (χ4v) is 2.39. The molecule has 0 fully saturated rings. The van der Waals surface area contributed by atoms with Gasteiger partial charge in [-0.1, -0.05) is 18.7 Å². The van der Waals surface area contributed by atoms with Crippen molar-refractivity contribution in [3.8, 4) is 0 Å². The molecular weight excluding hydrogens is 262 g/mol. The summed E-state index contributed by atoms with van der Waals surface area (Å²) in [7, 11) is 0. The summed E-state index contributed by atoms with van der Waals surface area (Å²) in [5.41, 5.74) is 3.45. The van der Waals surface area contributed by atoms with Gasteiger partial charge in [0.05, 0.1) is 5.75 Å². The third kappa shape index (κ3) is 4.68. The summed E-state index contributed by atoms with van der Waals surface area (Å²) in [6, 6.07) is 0. The molecule has 0 saturated carbocycles. The second kappa shape index (κ2) is 7.96. The van der Waals surface area contributed by atoms with Gasteiger partial charge in [-0.15, -0.1) is 0 Å². The number of amides is 1. The van der Waals surface area contributed by atoms with E-state index in [4.69, 9.17) is 5.84 Å². The summed E-state index contributed by atoms with van der Waals surface area (Å²) in [6.45, 7) is 6.50. The van der Waals surface area contributed by atoms with Gasteiger partial charge < -0.3 is 10.7 Å². The van der Waals surface area contributed by atoms with Gasteiger partial charge in [0.2, 0.25) is 5.91 Å². The summed E-state index contributed by atoms with van der Waals surface area (Å²) in [4.78, 5) is 20.3. The fraction of sp³-hybridized carbons (Fsp3) is 0.583. The lowest BCUT2D eigenvalue weighted by atomic mass is 10.3. The molecule has 106 valence electrons. The number of anilines is 1. The minimum absolute atomic E-state index is 0.00446. The van der Waals surface area contributed by atoms with Crippen molar-refractivity contribution in [3.63, 3.8) is 0 Å². The highest BCUT2D eigenvalue weighted by atomic mass is 32.2. The van der Waals surface area contributed by atoms with Crippen molar-refractivity contribution >= 4 is 23.5 Å². The van der Waals surface area contributed by atoms with Crippen LogP contribution in [0.1, 0.15) is 31.7 Å². The summed E-state index contributed by atoms with van der Waals surface area (Å²) >= 11 is 1.41. The van der Waals surface area contributed by atoms with E-state index in [1.807, 2.05) is 13.8 Å². The first-order valence-corrected chi connectivity index (χ1v) is 7.34. The van der Waals surface area contributed by atoms with Crippen molar-refractivity contribution in [2.75, 3.05) is 17.7 Å². The van der Waals surface area contributed by atoms with E-state index >= 15 is 0 Å². The number of hydrazine groups is 1. The molecule has 0 aliphatic rings. The lowest BCUT2D eigenvalue weighted by molar-refractivity contribution is -0.118. The van der Waals surface area contributed by atoms with Crippen molar-refractivity contribution in [2.24, 2.45) is 5.84 Å². The first-order valence-electron chi connectivity index (χ1n) is 6.35. The molecule has 0 unspecified atom stereocenters. The standard InChI is InChI=1S/C12H21N5OS/c1-4-6-9-15-11(17-13)8(3)12(16-9)19-7-10(18)14-5-2/h4-7,13H2,1-3H3,(H,14,18)(H,15,16,17). The van der Waals surface area contributed by atoms with Crippen molar-refractivity contribution in [3.05, 3.63) is 11.4 Å². The molecule has 0 bridgehead atoms. The van der Waals surface area contributed by atoms with Crippen molar-refractivity contribution in [1.82, 2.24) is 15.3 Å². The molecule has 1 aromatic rings. The molecule has 0 aliphatic heterocycles. The summed E-state index contributed by atoms with van der Waals surface area (Å²) in [5.74, 6) is 7.18. The van der Waals surface area contributed by atoms with Gasteiger partial charge in [-0.2, -0.15) is 0 Å². The Morgan fingerprint density at radius 3 is 2.68 bits per heavy atom. The van der Waals surface area contributed by atoms with E-state index in [0.717, 1.165) is 29.3 Å². The number of aryl methyl sites for hydroxylation is 1. The minimum atomic E-state index is 0.00446. The van der Waals surface area contributed by atoms with Crippen LogP contribution in [0.25, 0.3) is 0 Å². The Hall–Kier alpha value is -1.34. The van der Waals surface area contributed by atoms with Crippen molar-refractivity contribution < 1.29 is 4.79 Å². The van der Waals surface area contributed by atoms with E-state index in [1.54, 1.807) is 0 Å². The van der Waals surface area contributed by atoms with Gasteiger partial charge in [-0.05, 0) is 20.3 Å². The van der Waals surface area contributed by atoms with Crippen LogP contribution >= 0.6 is 11.8 Å². The average molecular weight is 283 g/mol. The summed E-state index contributed by atoms with van der Waals surface area (Å²) in [5, 5.41) is 3.56. The van der Waals surface area contributed by atoms with Gasteiger partial charge in [0.15, 0.2) is 0 Å². The molecule has 0 spiro atoms. The summed E-state index contributed by atoms with van der Waals surface area (Å²) in [6.07, 6.45) is 1.76. The lowest BCUT2D eigenvalue weighted by Crippen LogP contribution is -2.24. The molecule has 0 aliphatic carbocycles. The number of thioether (sulfide) groups is 1. The molecule has 19 heavy (non-hydrogen) atoms. The number of hydrogen-bond acceptors (Lipinski definition) is 6. The van der Waals surface area contributed by atoms with Gasteiger partial charge in [0.25, 0.3) is 0 Å². The number of nitrogen functional groups attached to an aromatic ring is 1. The number of nitrogens with one attached hydrogen (secondary N) is 2. The SMILES string of the molecule is CCCc1nc(NN)c(C)c(SCC(=O)NCC)n1. The van der Waals surface area contributed by atoms with Crippen molar-refractivity contribution in [1.29, 1.82) is 0 Å². The maximum Gasteiger partial charge on any atom is 0.230 e. The third-order valence-electron chi connectivity index (χ3n) is 2.47. The number of nitrogens with zero attached hydrogens (tertiary/aromatic N) is 2. The highest BCUT2D eigenvalue weighted by Gasteiger charge is 2.12. The normalized spacial score (nSPS) is 10.3. The number of nitrogens with two attached hydrogens (primary N) is 1. The van der Waals surface area contributed by atoms with E-state index in [-0.39, 0.29) is 5.91 Å². The Morgan fingerprint density at radius 1 is 1.37 bits per heavy atom. The van der Waals surface area contributed by atoms with Crippen LogP contribution in [0.3, 0.4) is 0 Å². The largest absolute Gasteiger partial charge is 0.356 e. The van der Waals surface area contributed by atoms with E-state index in [0.29, 0.717) is 18.1 Å². The third-order valence-corrected chi connectivity index (χ3v) is 3.55. The Morgan fingerprint density at radius 2 is 2.11 bits per heavy atom. The molecule has 1 heterocycles. The van der Waals surface area contributed by atoms with E-state index in [2.05, 4.69) is 27.6 Å². The number of carbonyl (C=O) groups is 1. The molecule has 0 aromatic carbocycles. The Balaban J connectivity index is 2.85. The van der Waals surface area contributed by atoms with Crippen LogP contribution in [-0.2, 0) is 11.2 Å². The van der Waals surface area contributed by atoms with E-state index in [9.17, 15) is 4.79 Å². The molecule has 0 atom stereocenters. The average Bonchev–Trinajstić information content (AvgIpc) is 2.39. The smallest absolute Gasteiger partial charge is 0.230 e. The molecule has 1 aromatic heterocycles. The van der Waals surface area contributed by atoms with Crippen LogP contribution < -0.4 is 16.6 Å². The highest BCUT2D eigenvalue weighted by molar-refractivity contribution is 7.99. The maximum atomic E-state index is 11.5. The zero-order valence-corrected chi connectivity index (χ0v) is 12.4. The molecule has 7 heteroatoms. The molecule has 1 amide bonds. The lowest BCUT2D eigenvalue weighted by Gasteiger charge is -2.11. The quantitative estimate of drug-likeness (QED) is 0.302. The van der Waals surface area contributed by atoms with Gasteiger partial charge in [0, 0.05) is 18.5 Å². The number of aromatic nitrogens is 2. The van der Waals surface area contributed by atoms with Gasteiger partial charge >= 0.3 is 0 Å². The summed E-state index contributed by atoms with van der Waals surface area (Å²) < 4.78 is 0. The second-order valence-electron chi connectivity index (χ2n) is 4.06. The molecule has 4 N–H and O–H groups in total. The first-order chi connectivity index (χ1) is 9.12. The van der Waals surface area contributed by atoms with Crippen molar-refractivity contribution in [2.45, 2.75) is 38.6 Å². The maximum absolute atomic E-state index is 11.5. The van der Waals surface area contributed by atoms with Gasteiger partial charge in [-0.25, -0.2) is 15.8 Å². The number of hydrogen-bond donors (Lipinski definition) is 3. The van der Waals surface area contributed by atoms with Crippen LogP contribution in [-0.4, -0.2) is 28.2 Å². The zero-order valence-electron chi connectivity index (χ0n) is 11.6. The zero-order chi connectivity index (χ0) is 14.3. The molecule has 6 nitrogen and oxygen atoms in total. The fourth-order valence-electron chi connectivity index (χ4n) is 1.54. The van der Waals surface area contributed by atoms with Crippen LogP contribution in [0.5, 0.6) is 0 Å². The molecule has 0 radical (unpaired) electrons. The van der Waals surface area contributed by atoms with Gasteiger partial charge in [-0.3, -0.25) is 4.79 Å². The predicted octanol–water partition coefficient (Wildman–Crippen LogP) is 1.25. The van der Waals surface area contributed by atoms with Crippen LogP contribution in [0.2, 0.25) is 0 Å². The first kappa shape index (κ1) is 15.7. The van der Waals surface area contributed by atoms with E-state index in [1.165, 1.54) is 11.8 Å². The topological polar surface area (TPSA) is 92.9 Å². The minimum Gasteiger partial charge on any atom is -0.356 e. The van der Waals surface area contributed by atoms with Crippen LogP contribution in [0.15, 0.2) is 5.03 Å². The number of carbonyl (C=O) groups excluding carboxylic acids is 1. The highest BCUT2D eigenvalue weighted by Crippen LogP contribution is 2.24.